The third-order valence-corrected chi connectivity index (χ3v) is 3.42. The number of alkyl halides is 1. The third kappa shape index (κ3) is 2.68. The second-order valence-corrected chi connectivity index (χ2v) is 4.66. The highest BCUT2D eigenvalue weighted by Crippen LogP contribution is 2.27. The van der Waals surface area contributed by atoms with Gasteiger partial charge < -0.3 is 4.90 Å². The van der Waals surface area contributed by atoms with Crippen LogP contribution < -0.4 is 4.90 Å². The van der Waals surface area contributed by atoms with Gasteiger partial charge in [0.05, 0.1) is 0 Å². The van der Waals surface area contributed by atoms with Crippen LogP contribution >= 0.6 is 15.9 Å². The van der Waals surface area contributed by atoms with Gasteiger partial charge in [-0.15, -0.1) is 0 Å². The van der Waals surface area contributed by atoms with E-state index in [-0.39, 0.29) is 0 Å². The molecular weight excluding hydrogens is 254 g/mol. The lowest BCUT2D eigenvalue weighted by Gasteiger charge is -2.37. The molecular formula is C11H16BrN3. The molecule has 0 spiro atoms. The Bertz CT molecular complexity index is 287. The number of rotatable bonds is 5. The van der Waals surface area contributed by atoms with Crippen molar-refractivity contribution in [3.8, 4) is 0 Å². The maximum atomic E-state index is 4.33. The van der Waals surface area contributed by atoms with E-state index in [0.717, 1.165) is 24.2 Å². The van der Waals surface area contributed by atoms with E-state index in [2.05, 4.69) is 30.8 Å². The first-order chi connectivity index (χ1) is 7.42. The Morgan fingerprint density at radius 1 is 1.33 bits per heavy atom. The fourth-order valence-electron chi connectivity index (χ4n) is 1.81. The Kier molecular flexibility index (Phi) is 3.94. The van der Waals surface area contributed by atoms with Crippen molar-refractivity contribution in [1.29, 1.82) is 0 Å². The highest BCUT2D eigenvalue weighted by atomic mass is 79.9. The van der Waals surface area contributed by atoms with Crippen LogP contribution in [0.3, 0.4) is 0 Å². The van der Waals surface area contributed by atoms with Crippen molar-refractivity contribution in [2.24, 2.45) is 0 Å². The molecule has 1 heterocycles. The van der Waals surface area contributed by atoms with Gasteiger partial charge in [0, 0.05) is 30.3 Å². The fourth-order valence-corrected chi connectivity index (χ4v) is 2.06. The predicted molar refractivity (Wildman–Crippen MR) is 65.4 cm³/mol. The van der Waals surface area contributed by atoms with Crippen LogP contribution in [-0.2, 0) is 0 Å². The number of aromatic nitrogens is 2. The molecule has 2 rings (SSSR count). The molecule has 0 N–H and O–H groups in total. The van der Waals surface area contributed by atoms with E-state index in [9.17, 15) is 0 Å². The van der Waals surface area contributed by atoms with Crippen molar-refractivity contribution >= 4 is 21.9 Å². The van der Waals surface area contributed by atoms with E-state index < -0.39 is 0 Å². The fraction of sp³-hybridized carbons (Fsp3) is 0.636. The van der Waals surface area contributed by atoms with Gasteiger partial charge in [0.25, 0.3) is 0 Å². The van der Waals surface area contributed by atoms with Gasteiger partial charge in [0.1, 0.15) is 0 Å². The molecule has 1 aliphatic carbocycles. The van der Waals surface area contributed by atoms with Crippen LogP contribution in [0.2, 0.25) is 0 Å². The van der Waals surface area contributed by atoms with Crippen molar-refractivity contribution in [3.63, 3.8) is 0 Å². The largest absolute Gasteiger partial charge is 0.338 e. The van der Waals surface area contributed by atoms with Gasteiger partial charge in [-0.25, -0.2) is 9.97 Å². The normalized spacial score (nSPS) is 16.1. The maximum Gasteiger partial charge on any atom is 0.225 e. The van der Waals surface area contributed by atoms with Gasteiger partial charge in [-0.3, -0.25) is 0 Å². The molecule has 0 saturated heterocycles. The molecule has 15 heavy (non-hydrogen) atoms. The lowest BCUT2D eigenvalue weighted by molar-refractivity contribution is 0.382. The summed E-state index contributed by atoms with van der Waals surface area (Å²) in [4.78, 5) is 11.0. The number of nitrogens with zero attached hydrogens (tertiary/aromatic N) is 3. The third-order valence-electron chi connectivity index (χ3n) is 2.86. The highest BCUT2D eigenvalue weighted by molar-refractivity contribution is 9.09. The standard InChI is InChI=1S/C11H16BrN3/c12-6-2-9-15(10-4-1-5-10)11-13-7-3-8-14-11/h3,7-8,10H,1-2,4-6,9H2. The lowest BCUT2D eigenvalue weighted by Crippen LogP contribution is -2.42. The second-order valence-electron chi connectivity index (χ2n) is 3.87. The first kappa shape index (κ1) is 10.9. The monoisotopic (exact) mass is 269 g/mol. The van der Waals surface area contributed by atoms with Gasteiger partial charge in [-0.05, 0) is 31.7 Å². The average Bonchev–Trinajstić information content (AvgIpc) is 2.22. The molecule has 4 heteroatoms. The summed E-state index contributed by atoms with van der Waals surface area (Å²) in [5, 5.41) is 1.04. The summed E-state index contributed by atoms with van der Waals surface area (Å²) in [6, 6.07) is 2.54. The summed E-state index contributed by atoms with van der Waals surface area (Å²) < 4.78 is 0. The molecule has 0 atom stereocenters. The van der Waals surface area contributed by atoms with Crippen LogP contribution in [0.25, 0.3) is 0 Å². The number of hydrogen-bond acceptors (Lipinski definition) is 3. The molecule has 0 unspecified atom stereocenters. The van der Waals surface area contributed by atoms with Crippen LogP contribution in [0.5, 0.6) is 0 Å². The van der Waals surface area contributed by atoms with Crippen molar-refractivity contribution in [2.45, 2.75) is 31.7 Å². The van der Waals surface area contributed by atoms with E-state index in [1.54, 1.807) is 0 Å². The average molecular weight is 270 g/mol. The van der Waals surface area contributed by atoms with E-state index in [4.69, 9.17) is 0 Å². The quantitative estimate of drug-likeness (QED) is 0.770. The van der Waals surface area contributed by atoms with Crippen LogP contribution in [0.15, 0.2) is 18.5 Å². The summed E-state index contributed by atoms with van der Waals surface area (Å²) in [7, 11) is 0. The first-order valence-corrected chi connectivity index (χ1v) is 6.63. The zero-order valence-electron chi connectivity index (χ0n) is 8.77. The molecule has 1 fully saturated rings. The molecule has 0 aliphatic heterocycles. The van der Waals surface area contributed by atoms with Crippen LogP contribution in [0.1, 0.15) is 25.7 Å². The molecule has 1 saturated carbocycles. The predicted octanol–water partition coefficient (Wildman–Crippen LogP) is 2.62. The molecule has 0 amide bonds. The zero-order chi connectivity index (χ0) is 10.5. The van der Waals surface area contributed by atoms with Crippen molar-refractivity contribution in [2.75, 3.05) is 16.8 Å². The van der Waals surface area contributed by atoms with Gasteiger partial charge in [0.15, 0.2) is 0 Å². The maximum absolute atomic E-state index is 4.33. The Balaban J connectivity index is 2.04. The summed E-state index contributed by atoms with van der Waals surface area (Å²) in [5.74, 6) is 0.892. The molecule has 82 valence electrons. The van der Waals surface area contributed by atoms with E-state index in [0.29, 0.717) is 6.04 Å². The first-order valence-electron chi connectivity index (χ1n) is 5.51. The summed E-state index contributed by atoms with van der Waals surface area (Å²) in [6.07, 6.45) is 8.72. The van der Waals surface area contributed by atoms with Gasteiger partial charge in [0.2, 0.25) is 5.95 Å². The van der Waals surface area contributed by atoms with Crippen LogP contribution in [-0.4, -0.2) is 27.9 Å². The lowest BCUT2D eigenvalue weighted by atomic mass is 9.91. The van der Waals surface area contributed by atoms with Gasteiger partial charge >= 0.3 is 0 Å². The minimum Gasteiger partial charge on any atom is -0.338 e. The Morgan fingerprint density at radius 2 is 2.07 bits per heavy atom. The molecule has 0 radical (unpaired) electrons. The molecule has 0 aromatic carbocycles. The molecule has 0 bridgehead atoms. The zero-order valence-corrected chi connectivity index (χ0v) is 10.4. The van der Waals surface area contributed by atoms with Gasteiger partial charge in [-0.1, -0.05) is 15.9 Å². The summed E-state index contributed by atoms with van der Waals surface area (Å²) in [5.41, 5.74) is 0. The Morgan fingerprint density at radius 3 is 2.60 bits per heavy atom. The van der Waals surface area contributed by atoms with E-state index in [1.807, 2.05) is 18.5 Å². The second kappa shape index (κ2) is 5.45. The highest BCUT2D eigenvalue weighted by Gasteiger charge is 2.26. The molecule has 1 aromatic heterocycles. The van der Waals surface area contributed by atoms with Gasteiger partial charge in [-0.2, -0.15) is 0 Å². The summed E-state index contributed by atoms with van der Waals surface area (Å²) in [6.45, 7) is 1.06. The molecule has 1 aliphatic rings. The van der Waals surface area contributed by atoms with Crippen LogP contribution in [0.4, 0.5) is 5.95 Å². The molecule has 3 nitrogen and oxygen atoms in total. The smallest absolute Gasteiger partial charge is 0.225 e. The van der Waals surface area contributed by atoms with E-state index >= 15 is 0 Å². The number of halogens is 1. The minimum atomic E-state index is 0.673. The Hall–Kier alpha value is -0.640. The molecule has 1 aromatic rings. The van der Waals surface area contributed by atoms with Crippen molar-refractivity contribution < 1.29 is 0 Å². The van der Waals surface area contributed by atoms with E-state index in [1.165, 1.54) is 19.3 Å². The number of anilines is 1. The van der Waals surface area contributed by atoms with Crippen LogP contribution in [0, 0.1) is 0 Å². The van der Waals surface area contributed by atoms with Crippen molar-refractivity contribution in [1.82, 2.24) is 9.97 Å². The summed E-state index contributed by atoms with van der Waals surface area (Å²) >= 11 is 3.47. The number of hydrogen-bond donors (Lipinski definition) is 0. The SMILES string of the molecule is BrCCCN(c1ncccn1)C1CCC1. The minimum absolute atomic E-state index is 0.673. The topological polar surface area (TPSA) is 29.0 Å². The Labute approximate surface area is 99.0 Å². The van der Waals surface area contributed by atoms with Crippen molar-refractivity contribution in [3.05, 3.63) is 18.5 Å².